The van der Waals surface area contributed by atoms with Crippen LogP contribution in [-0.4, -0.2) is 37.6 Å². The molecule has 1 aliphatic rings. The van der Waals surface area contributed by atoms with Crippen molar-refractivity contribution in [1.29, 1.82) is 0 Å². The Labute approximate surface area is 187 Å². The summed E-state index contributed by atoms with van der Waals surface area (Å²) in [5, 5.41) is 7.68. The van der Waals surface area contributed by atoms with Gasteiger partial charge in [0.2, 0.25) is 21.8 Å². The van der Waals surface area contributed by atoms with Crippen LogP contribution in [0.4, 0.5) is 11.4 Å². The van der Waals surface area contributed by atoms with Gasteiger partial charge in [-0.2, -0.15) is 4.31 Å². The third-order valence-electron chi connectivity index (χ3n) is 5.58. The van der Waals surface area contributed by atoms with E-state index >= 15 is 0 Å². The number of rotatable bonds is 5. The lowest BCUT2D eigenvalue weighted by Crippen LogP contribution is -2.43. The zero-order valence-corrected chi connectivity index (χ0v) is 18.6. The molecule has 0 radical (unpaired) electrons. The monoisotopic (exact) mass is 451 g/mol. The number of carbonyl (C=O) groups excluding carboxylic acids is 2. The van der Waals surface area contributed by atoms with E-state index in [1.807, 2.05) is 42.5 Å². The molecule has 2 N–H and O–H groups in total. The summed E-state index contributed by atoms with van der Waals surface area (Å²) >= 11 is 0. The first-order valence-electron chi connectivity index (χ1n) is 10.5. The average Bonchev–Trinajstić information content (AvgIpc) is 2.79. The second kappa shape index (κ2) is 9.10. The van der Waals surface area contributed by atoms with Gasteiger partial charge in [0.25, 0.3) is 0 Å². The minimum atomic E-state index is -3.73. The first kappa shape index (κ1) is 22.0. The first-order valence-corrected chi connectivity index (χ1v) is 11.9. The van der Waals surface area contributed by atoms with Crippen LogP contribution in [0, 0.1) is 5.92 Å². The highest BCUT2D eigenvalue weighted by Crippen LogP contribution is 2.26. The number of nitrogens with zero attached hydrogens (tertiary/aromatic N) is 1. The summed E-state index contributed by atoms with van der Waals surface area (Å²) in [7, 11) is -3.73. The number of hydrogen-bond acceptors (Lipinski definition) is 4. The fraction of sp³-hybridized carbons (Fsp3) is 0.250. The van der Waals surface area contributed by atoms with E-state index in [9.17, 15) is 18.0 Å². The van der Waals surface area contributed by atoms with Gasteiger partial charge in [0.05, 0.1) is 10.8 Å². The molecule has 3 aromatic carbocycles. The van der Waals surface area contributed by atoms with Gasteiger partial charge in [-0.05, 0) is 60.0 Å². The Morgan fingerprint density at radius 2 is 1.59 bits per heavy atom. The zero-order chi connectivity index (χ0) is 22.7. The summed E-state index contributed by atoms with van der Waals surface area (Å²) in [5.41, 5.74) is 1.23. The summed E-state index contributed by atoms with van der Waals surface area (Å²) in [4.78, 5) is 24.2. The normalized spacial score (nSPS) is 17.1. The molecule has 0 saturated carbocycles. The molecule has 2 amide bonds. The van der Waals surface area contributed by atoms with Crippen LogP contribution in [0.25, 0.3) is 10.8 Å². The fourth-order valence-corrected chi connectivity index (χ4v) is 5.47. The summed E-state index contributed by atoms with van der Waals surface area (Å²) in [6.07, 6.45) is 1.24. The van der Waals surface area contributed by atoms with E-state index in [1.54, 1.807) is 12.1 Å². The van der Waals surface area contributed by atoms with Gasteiger partial charge in [0.15, 0.2) is 0 Å². The van der Waals surface area contributed by atoms with Crippen molar-refractivity contribution >= 4 is 44.0 Å². The molecule has 32 heavy (non-hydrogen) atoms. The van der Waals surface area contributed by atoms with Crippen molar-refractivity contribution in [3.63, 3.8) is 0 Å². The summed E-state index contributed by atoms with van der Waals surface area (Å²) in [6, 6.07) is 19.7. The van der Waals surface area contributed by atoms with Crippen LogP contribution in [0.1, 0.15) is 19.8 Å². The van der Waals surface area contributed by atoms with Crippen LogP contribution in [0.5, 0.6) is 0 Å². The largest absolute Gasteiger partial charge is 0.326 e. The molecule has 1 atom stereocenters. The van der Waals surface area contributed by atoms with Gasteiger partial charge in [0, 0.05) is 31.4 Å². The van der Waals surface area contributed by atoms with Crippen molar-refractivity contribution in [1.82, 2.24) is 4.31 Å². The molecule has 0 aliphatic carbocycles. The molecule has 7 nitrogen and oxygen atoms in total. The van der Waals surface area contributed by atoms with E-state index in [1.165, 1.54) is 23.4 Å². The molecule has 166 valence electrons. The lowest BCUT2D eigenvalue weighted by atomic mass is 9.98. The molecule has 1 saturated heterocycles. The summed E-state index contributed by atoms with van der Waals surface area (Å²) in [6.45, 7) is 1.90. The van der Waals surface area contributed by atoms with E-state index in [0.717, 1.165) is 10.8 Å². The Bertz CT molecular complexity index is 1260. The molecule has 0 bridgehead atoms. The number of piperidine rings is 1. The van der Waals surface area contributed by atoms with Gasteiger partial charge in [-0.3, -0.25) is 9.59 Å². The van der Waals surface area contributed by atoms with Crippen LogP contribution in [0.15, 0.2) is 71.6 Å². The molecule has 4 rings (SSSR count). The number of fused-ring (bicyclic) bond motifs is 1. The second-order valence-corrected chi connectivity index (χ2v) is 9.90. The number of hydrogen-bond donors (Lipinski definition) is 2. The third-order valence-corrected chi connectivity index (χ3v) is 7.46. The smallest absolute Gasteiger partial charge is 0.243 e. The predicted molar refractivity (Wildman–Crippen MR) is 125 cm³/mol. The topological polar surface area (TPSA) is 95.6 Å². The SMILES string of the molecule is CC(=O)Nc1ccc(S(=O)(=O)N2CCC[C@@H](C(=O)Nc3ccc4ccccc4c3)C2)cc1. The quantitative estimate of drug-likeness (QED) is 0.616. The molecule has 8 heteroatoms. The Balaban J connectivity index is 1.45. The van der Waals surface area contributed by atoms with Crippen LogP contribution in [0.2, 0.25) is 0 Å². The zero-order valence-electron chi connectivity index (χ0n) is 17.7. The Morgan fingerprint density at radius 1 is 0.906 bits per heavy atom. The van der Waals surface area contributed by atoms with Crippen LogP contribution >= 0.6 is 0 Å². The number of anilines is 2. The van der Waals surface area contributed by atoms with Crippen molar-refractivity contribution in [2.75, 3.05) is 23.7 Å². The number of benzene rings is 3. The lowest BCUT2D eigenvalue weighted by molar-refractivity contribution is -0.121. The van der Waals surface area contributed by atoms with Gasteiger partial charge >= 0.3 is 0 Å². The second-order valence-electron chi connectivity index (χ2n) is 7.96. The minimum Gasteiger partial charge on any atom is -0.326 e. The van der Waals surface area contributed by atoms with Crippen molar-refractivity contribution < 1.29 is 18.0 Å². The highest BCUT2D eigenvalue weighted by molar-refractivity contribution is 7.89. The van der Waals surface area contributed by atoms with E-state index in [-0.39, 0.29) is 23.3 Å². The fourth-order valence-electron chi connectivity index (χ4n) is 3.95. The number of amides is 2. The molecule has 0 spiro atoms. The van der Waals surface area contributed by atoms with Gasteiger partial charge < -0.3 is 10.6 Å². The Morgan fingerprint density at radius 3 is 2.31 bits per heavy atom. The van der Waals surface area contributed by atoms with Crippen molar-refractivity contribution in [3.05, 3.63) is 66.7 Å². The number of nitrogens with one attached hydrogen (secondary N) is 2. The average molecular weight is 452 g/mol. The maximum absolute atomic E-state index is 13.1. The van der Waals surface area contributed by atoms with Crippen molar-refractivity contribution in [2.45, 2.75) is 24.7 Å². The van der Waals surface area contributed by atoms with Crippen molar-refractivity contribution in [2.24, 2.45) is 5.92 Å². The van der Waals surface area contributed by atoms with Crippen LogP contribution < -0.4 is 10.6 Å². The minimum absolute atomic E-state index is 0.134. The lowest BCUT2D eigenvalue weighted by Gasteiger charge is -2.31. The van der Waals surface area contributed by atoms with Gasteiger partial charge in [0.1, 0.15) is 0 Å². The third kappa shape index (κ3) is 4.81. The molecule has 0 aromatic heterocycles. The molecular formula is C24H25N3O4S. The highest BCUT2D eigenvalue weighted by Gasteiger charge is 2.33. The van der Waals surface area contributed by atoms with E-state index in [2.05, 4.69) is 10.6 Å². The maximum atomic E-state index is 13.1. The molecular weight excluding hydrogens is 426 g/mol. The van der Waals surface area contributed by atoms with Gasteiger partial charge in [-0.25, -0.2) is 8.42 Å². The number of carbonyl (C=O) groups is 2. The molecule has 3 aromatic rings. The summed E-state index contributed by atoms with van der Waals surface area (Å²) < 4.78 is 27.6. The van der Waals surface area contributed by atoms with Crippen LogP contribution in [0.3, 0.4) is 0 Å². The molecule has 1 heterocycles. The van der Waals surface area contributed by atoms with Gasteiger partial charge in [-0.1, -0.05) is 30.3 Å². The predicted octanol–water partition coefficient (Wildman–Crippen LogP) is 3.84. The Kier molecular flexibility index (Phi) is 6.25. The van der Waals surface area contributed by atoms with Crippen molar-refractivity contribution in [3.8, 4) is 0 Å². The molecule has 0 unspecified atom stereocenters. The molecule has 1 fully saturated rings. The highest BCUT2D eigenvalue weighted by atomic mass is 32.2. The van der Waals surface area contributed by atoms with E-state index < -0.39 is 15.9 Å². The first-order chi connectivity index (χ1) is 15.3. The standard InChI is InChI=1S/C24H25N3O4S/c1-17(28)25-21-10-12-23(13-11-21)32(30,31)27-14-4-7-20(16-27)24(29)26-22-9-8-18-5-2-3-6-19(18)15-22/h2-3,5-6,8-13,15,20H,4,7,14,16H2,1H3,(H,25,28)(H,26,29)/t20-/m1/s1. The summed E-state index contributed by atoms with van der Waals surface area (Å²) in [5.74, 6) is -0.832. The van der Waals surface area contributed by atoms with E-state index in [4.69, 9.17) is 0 Å². The maximum Gasteiger partial charge on any atom is 0.243 e. The number of sulfonamides is 1. The van der Waals surface area contributed by atoms with Gasteiger partial charge in [-0.15, -0.1) is 0 Å². The molecule has 1 aliphatic heterocycles. The van der Waals surface area contributed by atoms with E-state index in [0.29, 0.717) is 30.8 Å². The van der Waals surface area contributed by atoms with Crippen LogP contribution in [-0.2, 0) is 19.6 Å². The Hall–Kier alpha value is -3.23.